The maximum absolute atomic E-state index is 12.6. The first-order valence-electron chi connectivity index (χ1n) is 19.0. The molecule has 2 rings (SSSR count). The van der Waals surface area contributed by atoms with Gasteiger partial charge in [-0.3, -0.25) is 48.6 Å². The molecule has 0 radical (unpaired) electrons. The monoisotopic (exact) mass is 952 g/mol. The summed E-state index contributed by atoms with van der Waals surface area (Å²) in [5.74, 6) is -3.96. The molecule has 0 aromatic carbocycles. The van der Waals surface area contributed by atoms with E-state index >= 15 is 0 Å². The van der Waals surface area contributed by atoms with Crippen LogP contribution in [0.1, 0.15) is 76.2 Å². The van der Waals surface area contributed by atoms with Crippen molar-refractivity contribution < 1.29 is 56.1 Å². The molecule has 0 saturated heterocycles. The maximum atomic E-state index is 12.6. The number of carbonyl (C=O) groups excluding carboxylic acids is 5. The van der Waals surface area contributed by atoms with Crippen LogP contribution in [0.3, 0.4) is 0 Å². The Balaban J connectivity index is 2.34. The van der Waals surface area contributed by atoms with E-state index in [0.717, 1.165) is 0 Å². The Kier molecular flexibility index (Phi) is 23.6. The molecule has 2 aromatic rings. The van der Waals surface area contributed by atoms with Crippen molar-refractivity contribution in [3.05, 3.63) is 56.0 Å². The molecule has 0 atom stereocenters. The molecule has 1 amide bonds. The fourth-order valence-corrected chi connectivity index (χ4v) is 6.74. The molecule has 20 heteroatoms. The van der Waals surface area contributed by atoms with Gasteiger partial charge in [-0.1, -0.05) is 44.7 Å². The molecule has 1 N–H and O–H groups in total. The molecule has 324 valence electrons. The molecule has 2 heterocycles. The summed E-state index contributed by atoms with van der Waals surface area (Å²) in [7, 11) is 0. The van der Waals surface area contributed by atoms with Gasteiger partial charge in [-0.15, -0.1) is 0 Å². The van der Waals surface area contributed by atoms with E-state index in [1.54, 1.807) is 49.6 Å². The second-order valence-corrected chi connectivity index (χ2v) is 14.8. The number of pyridine rings is 2. The highest BCUT2D eigenvalue weighted by Crippen LogP contribution is 2.20. The number of esters is 4. The zero-order chi connectivity index (χ0) is 43.1. The fourth-order valence-electron chi connectivity index (χ4n) is 5.68. The number of ether oxygens (including phenoxy) is 4. The number of nitrogens with zero attached hydrogens (tertiary/aromatic N) is 5. The van der Waals surface area contributed by atoms with E-state index in [9.17, 15) is 37.1 Å². The van der Waals surface area contributed by atoms with E-state index in [4.69, 9.17) is 28.9 Å². The van der Waals surface area contributed by atoms with Crippen LogP contribution in [-0.4, -0.2) is 126 Å². The van der Waals surface area contributed by atoms with Gasteiger partial charge in [0.1, 0.15) is 0 Å². The number of alkyl halides is 3. The molecule has 2 aromatic heterocycles. The number of nitrogens with one attached hydrogen (secondary N) is 1. The van der Waals surface area contributed by atoms with Crippen LogP contribution in [0.15, 0.2) is 33.2 Å². The molecule has 0 unspecified atom stereocenters. The minimum atomic E-state index is -4.93. The van der Waals surface area contributed by atoms with Crippen LogP contribution in [0.4, 0.5) is 13.2 Å². The van der Waals surface area contributed by atoms with Gasteiger partial charge in [0.05, 0.1) is 75.4 Å². The number of carbonyl (C=O) groups is 5. The summed E-state index contributed by atoms with van der Waals surface area (Å²) in [5.41, 5.74) is 2.48. The van der Waals surface area contributed by atoms with Gasteiger partial charge in [-0.2, -0.15) is 13.2 Å². The maximum Gasteiger partial charge on any atom is 0.471 e. The van der Waals surface area contributed by atoms with Crippen molar-refractivity contribution in [1.82, 2.24) is 30.0 Å². The van der Waals surface area contributed by atoms with Gasteiger partial charge in [0.2, 0.25) is 0 Å². The number of rotatable bonds is 27. The first-order valence-corrected chi connectivity index (χ1v) is 20.6. The molecule has 15 nitrogen and oxygen atoms in total. The van der Waals surface area contributed by atoms with E-state index < -0.39 is 36.0 Å². The Hall–Kier alpha value is -3.72. The van der Waals surface area contributed by atoms with E-state index in [0.29, 0.717) is 77.0 Å². The van der Waals surface area contributed by atoms with Gasteiger partial charge in [0.25, 0.3) is 0 Å². The molecule has 0 fully saturated rings. The highest BCUT2D eigenvalue weighted by atomic mass is 79.9. The second-order valence-electron chi connectivity index (χ2n) is 12.9. The summed E-state index contributed by atoms with van der Waals surface area (Å²) in [6.45, 7) is 8.28. The molecule has 0 aliphatic rings. The molecule has 58 heavy (non-hydrogen) atoms. The van der Waals surface area contributed by atoms with Crippen LogP contribution in [-0.2, 0) is 69.1 Å². The highest BCUT2D eigenvalue weighted by Gasteiger charge is 2.38. The number of unbranched alkanes of at least 4 members (excludes halogenated alkanes) is 3. The summed E-state index contributed by atoms with van der Waals surface area (Å²) in [4.78, 5) is 75.6. The van der Waals surface area contributed by atoms with Crippen LogP contribution < -0.4 is 5.32 Å². The summed E-state index contributed by atoms with van der Waals surface area (Å²) < 4.78 is 59.5. The predicted molar refractivity (Wildman–Crippen MR) is 213 cm³/mol. The van der Waals surface area contributed by atoms with E-state index in [1.807, 2.05) is 17.4 Å². The number of halogens is 5. The van der Waals surface area contributed by atoms with Crippen LogP contribution in [0.2, 0.25) is 0 Å². The summed E-state index contributed by atoms with van der Waals surface area (Å²) in [6.07, 6.45) is -2.65. The van der Waals surface area contributed by atoms with E-state index in [2.05, 4.69) is 36.8 Å². The second kappa shape index (κ2) is 27.1. The van der Waals surface area contributed by atoms with Gasteiger partial charge >= 0.3 is 36.0 Å². The lowest BCUT2D eigenvalue weighted by molar-refractivity contribution is -0.173. The van der Waals surface area contributed by atoms with Crippen molar-refractivity contribution in [3.63, 3.8) is 0 Å². The minimum Gasteiger partial charge on any atom is -0.465 e. The van der Waals surface area contributed by atoms with Crippen molar-refractivity contribution in [2.75, 3.05) is 65.7 Å². The topological polar surface area (TPSA) is 170 Å². The van der Waals surface area contributed by atoms with Crippen molar-refractivity contribution >= 4 is 61.6 Å². The Morgan fingerprint density at radius 2 is 0.897 bits per heavy atom. The largest absolute Gasteiger partial charge is 0.471 e. The molecule has 0 bridgehead atoms. The van der Waals surface area contributed by atoms with Crippen LogP contribution >= 0.6 is 31.9 Å². The number of hydrogen-bond acceptors (Lipinski definition) is 14. The third kappa shape index (κ3) is 21.3. The van der Waals surface area contributed by atoms with Crippen LogP contribution in [0, 0.1) is 0 Å². The zero-order valence-electron chi connectivity index (χ0n) is 33.3. The number of hydrogen-bond donors (Lipinski definition) is 1. The molecule has 0 saturated carbocycles. The van der Waals surface area contributed by atoms with Gasteiger partial charge in [-0.05, 0) is 71.3 Å². The van der Waals surface area contributed by atoms with Gasteiger partial charge in [0.15, 0.2) is 0 Å². The highest BCUT2D eigenvalue weighted by molar-refractivity contribution is 9.10. The molecule has 0 aliphatic carbocycles. The fraction of sp³-hybridized carbons (Fsp3) is 0.605. The molecule has 0 spiro atoms. The summed E-state index contributed by atoms with van der Waals surface area (Å²) in [5, 5.41) is 1.89. The van der Waals surface area contributed by atoms with Gasteiger partial charge in [0, 0.05) is 41.7 Å². The minimum absolute atomic E-state index is 0.0930. The SMILES string of the molecule is CCOC(=O)CN(CC(=O)OCC)Cc1cc(Br)cc(CN(CCCCCCNC(=O)C(F)(F)F)Cc2cc(Br)cc(CN(CC(=O)OCC)CC(=O)OCC)n2)n1. The standard InChI is InChI=1S/C38H53Br2F3N6O9/c1-5-55-33(50)23-48(24-34(51)56-6-2)21-31-17-27(39)15-29(45-31)19-47(14-12-10-9-11-13-44-37(54)38(41,42)43)20-30-16-28(40)18-32(46-30)22-49(25-35(52)57-7-3)26-36(53)58-8-4/h15-18H,5-14,19-26H2,1-4H3,(H,44,54). The average molecular weight is 955 g/mol. The predicted octanol–water partition coefficient (Wildman–Crippen LogP) is 5.10. The average Bonchev–Trinajstić information content (AvgIpc) is 3.10. The van der Waals surface area contributed by atoms with Crippen molar-refractivity contribution in [1.29, 1.82) is 0 Å². The molecular weight excluding hydrogens is 901 g/mol. The Morgan fingerprint density at radius 1 is 0.569 bits per heavy atom. The Morgan fingerprint density at radius 3 is 1.22 bits per heavy atom. The van der Waals surface area contributed by atoms with E-state index in [-0.39, 0.29) is 72.2 Å². The third-order valence-electron chi connectivity index (χ3n) is 7.91. The van der Waals surface area contributed by atoms with Crippen LogP contribution in [0.5, 0.6) is 0 Å². The van der Waals surface area contributed by atoms with Crippen molar-refractivity contribution in [3.8, 4) is 0 Å². The molecular formula is C38H53Br2F3N6O9. The van der Waals surface area contributed by atoms with Crippen LogP contribution in [0.25, 0.3) is 0 Å². The summed E-state index contributed by atoms with van der Waals surface area (Å²) >= 11 is 7.13. The normalized spacial score (nSPS) is 11.5. The van der Waals surface area contributed by atoms with E-state index in [1.165, 1.54) is 0 Å². The quantitative estimate of drug-likeness (QED) is 0.0713. The smallest absolute Gasteiger partial charge is 0.465 e. The zero-order valence-corrected chi connectivity index (χ0v) is 36.5. The number of amides is 1. The molecule has 0 aliphatic heterocycles. The first-order chi connectivity index (χ1) is 27.5. The van der Waals surface area contributed by atoms with Gasteiger partial charge < -0.3 is 24.3 Å². The first kappa shape index (κ1) is 50.4. The lowest BCUT2D eigenvalue weighted by Gasteiger charge is -2.24. The van der Waals surface area contributed by atoms with Crippen molar-refractivity contribution in [2.45, 2.75) is 85.7 Å². The lowest BCUT2D eigenvalue weighted by Crippen LogP contribution is -2.37. The third-order valence-corrected chi connectivity index (χ3v) is 8.83. The van der Waals surface area contributed by atoms with Gasteiger partial charge in [-0.25, -0.2) is 0 Å². The Bertz CT molecular complexity index is 1500. The Labute approximate surface area is 353 Å². The summed E-state index contributed by atoms with van der Waals surface area (Å²) in [6, 6.07) is 7.27. The lowest BCUT2D eigenvalue weighted by atomic mass is 10.1. The number of aromatic nitrogens is 2. The van der Waals surface area contributed by atoms with Crippen molar-refractivity contribution in [2.24, 2.45) is 0 Å².